The second-order valence-corrected chi connectivity index (χ2v) is 4.89. The summed E-state index contributed by atoms with van der Waals surface area (Å²) in [6.07, 6.45) is 2.89. The molecule has 1 heterocycles. The Morgan fingerprint density at radius 1 is 1.20 bits per heavy atom. The lowest BCUT2D eigenvalue weighted by molar-refractivity contribution is 0.849. The first-order chi connectivity index (χ1) is 9.70. The van der Waals surface area contributed by atoms with Crippen LogP contribution in [0.5, 0.6) is 0 Å². The number of nitrogens with one attached hydrogen (secondary N) is 1. The van der Waals surface area contributed by atoms with E-state index in [1.165, 1.54) is 5.56 Å². The molecule has 0 spiro atoms. The van der Waals surface area contributed by atoms with Crippen molar-refractivity contribution in [3.63, 3.8) is 0 Å². The molecular formula is C16H22N4. The predicted octanol–water partition coefficient (Wildman–Crippen LogP) is 2.90. The molecule has 4 nitrogen and oxygen atoms in total. The fraction of sp³-hybridized carbons (Fsp3) is 0.375. The third-order valence-electron chi connectivity index (χ3n) is 3.22. The van der Waals surface area contributed by atoms with Crippen LogP contribution in [0.2, 0.25) is 0 Å². The molecule has 0 radical (unpaired) electrons. The number of aryl methyl sites for hydroxylation is 1. The van der Waals surface area contributed by atoms with Gasteiger partial charge in [0, 0.05) is 31.9 Å². The molecule has 1 aromatic heterocycles. The predicted molar refractivity (Wildman–Crippen MR) is 84.3 cm³/mol. The Kier molecular flexibility index (Phi) is 4.93. The number of likely N-dealkylation sites (N-methyl/N-ethyl adjacent to an activating group) is 1. The molecule has 0 saturated heterocycles. The summed E-state index contributed by atoms with van der Waals surface area (Å²) in [6.45, 7) is 5.86. The quantitative estimate of drug-likeness (QED) is 0.876. The highest BCUT2D eigenvalue weighted by Crippen LogP contribution is 2.17. The molecule has 2 aromatic rings. The molecular weight excluding hydrogens is 248 g/mol. The fourth-order valence-corrected chi connectivity index (χ4v) is 2.11. The van der Waals surface area contributed by atoms with Crippen LogP contribution in [-0.2, 0) is 6.42 Å². The average molecular weight is 270 g/mol. The minimum atomic E-state index is 0.694. The van der Waals surface area contributed by atoms with Gasteiger partial charge in [-0.15, -0.1) is 0 Å². The van der Waals surface area contributed by atoms with Gasteiger partial charge in [0.15, 0.2) is 0 Å². The number of nitrogens with zero attached hydrogens (tertiary/aromatic N) is 3. The van der Waals surface area contributed by atoms with E-state index < -0.39 is 0 Å². The fourth-order valence-electron chi connectivity index (χ4n) is 2.11. The molecule has 0 amide bonds. The molecule has 0 aliphatic rings. The normalized spacial score (nSPS) is 10.3. The van der Waals surface area contributed by atoms with E-state index in [4.69, 9.17) is 0 Å². The molecule has 0 atom stereocenters. The molecule has 0 aliphatic heterocycles. The van der Waals surface area contributed by atoms with Gasteiger partial charge in [-0.25, -0.2) is 4.98 Å². The highest BCUT2D eigenvalue weighted by atomic mass is 15.2. The summed E-state index contributed by atoms with van der Waals surface area (Å²) in [6, 6.07) is 10.5. The van der Waals surface area contributed by atoms with Crippen LogP contribution in [0.3, 0.4) is 0 Å². The second-order valence-electron chi connectivity index (χ2n) is 4.89. The lowest BCUT2D eigenvalue weighted by atomic mass is 10.1. The van der Waals surface area contributed by atoms with Crippen LogP contribution in [0.4, 0.5) is 11.8 Å². The number of benzene rings is 1. The lowest BCUT2D eigenvalue weighted by Gasteiger charge is -2.20. The number of anilines is 2. The molecule has 0 saturated carbocycles. The molecule has 0 unspecified atom stereocenters. The zero-order chi connectivity index (χ0) is 14.4. The van der Waals surface area contributed by atoms with Crippen molar-refractivity contribution >= 4 is 11.8 Å². The maximum atomic E-state index is 4.58. The van der Waals surface area contributed by atoms with E-state index in [0.29, 0.717) is 5.95 Å². The Balaban J connectivity index is 2.04. The molecule has 1 N–H and O–H groups in total. The third-order valence-corrected chi connectivity index (χ3v) is 3.22. The molecule has 2 rings (SSSR count). The maximum Gasteiger partial charge on any atom is 0.224 e. The Bertz CT molecular complexity index is 539. The highest BCUT2D eigenvalue weighted by molar-refractivity contribution is 5.48. The highest BCUT2D eigenvalue weighted by Gasteiger charge is 2.08. The summed E-state index contributed by atoms with van der Waals surface area (Å²) >= 11 is 0. The van der Waals surface area contributed by atoms with Crippen molar-refractivity contribution in [3.8, 4) is 0 Å². The van der Waals surface area contributed by atoms with Gasteiger partial charge in [-0.1, -0.05) is 30.3 Å². The summed E-state index contributed by atoms with van der Waals surface area (Å²) < 4.78 is 0. The van der Waals surface area contributed by atoms with E-state index in [0.717, 1.165) is 30.9 Å². The van der Waals surface area contributed by atoms with Crippen LogP contribution in [0, 0.1) is 6.92 Å². The number of rotatable bonds is 6. The molecule has 4 heteroatoms. The van der Waals surface area contributed by atoms with Crippen LogP contribution < -0.4 is 10.2 Å². The molecule has 0 bridgehead atoms. The van der Waals surface area contributed by atoms with Crippen LogP contribution >= 0.6 is 0 Å². The Morgan fingerprint density at radius 2 is 1.95 bits per heavy atom. The first-order valence-corrected chi connectivity index (χ1v) is 7.03. The van der Waals surface area contributed by atoms with Crippen LogP contribution in [0.1, 0.15) is 18.1 Å². The summed E-state index contributed by atoms with van der Waals surface area (Å²) in [4.78, 5) is 11.0. The van der Waals surface area contributed by atoms with Crippen molar-refractivity contribution in [1.82, 2.24) is 9.97 Å². The van der Waals surface area contributed by atoms with Gasteiger partial charge < -0.3 is 10.2 Å². The summed E-state index contributed by atoms with van der Waals surface area (Å²) in [5, 5.41) is 3.15. The third kappa shape index (κ3) is 3.70. The Morgan fingerprint density at radius 3 is 2.65 bits per heavy atom. The zero-order valence-corrected chi connectivity index (χ0v) is 12.4. The van der Waals surface area contributed by atoms with Gasteiger partial charge in [0.05, 0.1) is 0 Å². The van der Waals surface area contributed by atoms with Crippen molar-refractivity contribution in [2.75, 3.05) is 30.4 Å². The number of hydrogen-bond acceptors (Lipinski definition) is 4. The van der Waals surface area contributed by atoms with E-state index in [9.17, 15) is 0 Å². The summed E-state index contributed by atoms with van der Waals surface area (Å²) in [7, 11) is 2.08. The zero-order valence-electron chi connectivity index (χ0n) is 12.4. The lowest BCUT2D eigenvalue weighted by Crippen LogP contribution is -2.23. The summed E-state index contributed by atoms with van der Waals surface area (Å²) in [5.41, 5.74) is 2.44. The Hall–Kier alpha value is -2.10. The van der Waals surface area contributed by atoms with Crippen LogP contribution in [0.15, 0.2) is 36.5 Å². The smallest absolute Gasteiger partial charge is 0.224 e. The van der Waals surface area contributed by atoms with Gasteiger partial charge in [-0.3, -0.25) is 0 Å². The Labute approximate surface area is 120 Å². The topological polar surface area (TPSA) is 41.1 Å². The van der Waals surface area contributed by atoms with Gasteiger partial charge in [0.25, 0.3) is 0 Å². The largest absolute Gasteiger partial charge is 0.359 e. The van der Waals surface area contributed by atoms with Gasteiger partial charge in [0.2, 0.25) is 5.95 Å². The average Bonchev–Trinajstić information content (AvgIpc) is 2.48. The molecule has 0 aliphatic carbocycles. The minimum absolute atomic E-state index is 0.694. The SMILES string of the molecule is CCNc1ncc(C)c(N(C)CCc2ccccc2)n1. The van der Waals surface area contributed by atoms with Crippen molar-refractivity contribution in [1.29, 1.82) is 0 Å². The van der Waals surface area contributed by atoms with Crippen LogP contribution in [0.25, 0.3) is 0 Å². The standard InChI is InChI=1S/C16H22N4/c1-4-17-16-18-12-13(2)15(19-16)20(3)11-10-14-8-6-5-7-9-14/h5-9,12H,4,10-11H2,1-3H3,(H,17,18,19). The number of hydrogen-bond donors (Lipinski definition) is 1. The van der Waals surface area contributed by atoms with E-state index in [-0.39, 0.29) is 0 Å². The maximum absolute atomic E-state index is 4.58. The minimum Gasteiger partial charge on any atom is -0.359 e. The molecule has 1 aromatic carbocycles. The molecule has 20 heavy (non-hydrogen) atoms. The first kappa shape index (κ1) is 14.3. The first-order valence-electron chi connectivity index (χ1n) is 7.03. The summed E-state index contributed by atoms with van der Waals surface area (Å²) in [5.74, 6) is 1.69. The van der Waals surface area contributed by atoms with E-state index in [2.05, 4.69) is 51.5 Å². The number of aromatic nitrogens is 2. The van der Waals surface area contributed by atoms with E-state index in [1.54, 1.807) is 0 Å². The second kappa shape index (κ2) is 6.89. The van der Waals surface area contributed by atoms with Crippen molar-refractivity contribution in [2.24, 2.45) is 0 Å². The van der Waals surface area contributed by atoms with Gasteiger partial charge in [-0.2, -0.15) is 4.98 Å². The molecule has 106 valence electrons. The van der Waals surface area contributed by atoms with E-state index >= 15 is 0 Å². The van der Waals surface area contributed by atoms with Gasteiger partial charge in [-0.05, 0) is 25.8 Å². The van der Waals surface area contributed by atoms with Crippen molar-refractivity contribution < 1.29 is 0 Å². The van der Waals surface area contributed by atoms with Crippen molar-refractivity contribution in [2.45, 2.75) is 20.3 Å². The monoisotopic (exact) mass is 270 g/mol. The molecule has 0 fully saturated rings. The van der Waals surface area contributed by atoms with Gasteiger partial charge in [0.1, 0.15) is 5.82 Å². The van der Waals surface area contributed by atoms with Crippen molar-refractivity contribution in [3.05, 3.63) is 47.7 Å². The van der Waals surface area contributed by atoms with Gasteiger partial charge >= 0.3 is 0 Å². The van der Waals surface area contributed by atoms with Crippen LogP contribution in [-0.4, -0.2) is 30.1 Å². The van der Waals surface area contributed by atoms with E-state index in [1.807, 2.05) is 26.1 Å².